The van der Waals surface area contributed by atoms with E-state index >= 15 is 0 Å². The fraction of sp³-hybridized carbons (Fsp3) is 0.139. The number of pyridine rings is 1. The molecule has 0 saturated heterocycles. The Morgan fingerprint density at radius 2 is 1.92 bits per heavy atom. The number of rotatable bonds is 10. The number of aromatic amines is 1. The molecule has 3 N–H and O–H groups in total. The van der Waals surface area contributed by atoms with Gasteiger partial charge in [-0.25, -0.2) is 9.78 Å². The van der Waals surface area contributed by atoms with Crippen molar-refractivity contribution in [2.45, 2.75) is 19.9 Å². The van der Waals surface area contributed by atoms with E-state index in [1.807, 2.05) is 43.5 Å². The van der Waals surface area contributed by atoms with Crippen molar-refractivity contribution >= 4 is 57.4 Å². The van der Waals surface area contributed by atoms with Crippen LogP contribution in [0, 0.1) is 17.0 Å². The Labute approximate surface area is 285 Å². The maximum absolute atomic E-state index is 13.6. The molecule has 1 aliphatic rings. The normalized spacial score (nSPS) is 12.5. The Morgan fingerprint density at radius 3 is 2.74 bits per heavy atom. The lowest BCUT2D eigenvalue weighted by atomic mass is 10.1. The molecule has 250 valence electrons. The Bertz CT molecular complexity index is 2260. The summed E-state index contributed by atoms with van der Waals surface area (Å²) in [6.07, 6.45) is 7.39. The second-order valence-electron chi connectivity index (χ2n) is 11.7. The molecule has 3 aromatic carbocycles. The van der Waals surface area contributed by atoms with Crippen LogP contribution in [0.4, 0.5) is 39.3 Å². The summed E-state index contributed by atoms with van der Waals surface area (Å²) in [4.78, 5) is 57.6. The van der Waals surface area contributed by atoms with Gasteiger partial charge in [-0.05, 0) is 54.4 Å². The third-order valence-corrected chi connectivity index (χ3v) is 8.40. The first kappa shape index (κ1) is 31.8. The molecule has 4 heterocycles. The number of nitrogens with zero attached hydrogens (tertiary/aromatic N) is 6. The number of fused-ring (bicyclic) bond motifs is 2. The van der Waals surface area contributed by atoms with Gasteiger partial charge in [0.15, 0.2) is 5.75 Å². The van der Waals surface area contributed by atoms with Crippen molar-refractivity contribution in [3.8, 4) is 5.75 Å². The summed E-state index contributed by atoms with van der Waals surface area (Å²) in [5.74, 6) is 0.312. The maximum atomic E-state index is 13.6. The number of ether oxygens (including phenoxy) is 1. The molecular formula is C36H31N9O5. The van der Waals surface area contributed by atoms with Gasteiger partial charge in [0.25, 0.3) is 5.91 Å². The highest BCUT2D eigenvalue weighted by Gasteiger charge is 2.32. The van der Waals surface area contributed by atoms with Gasteiger partial charge in [-0.15, -0.1) is 0 Å². The summed E-state index contributed by atoms with van der Waals surface area (Å²) >= 11 is 0. The molecule has 3 aromatic heterocycles. The largest absolute Gasteiger partial charge is 0.486 e. The van der Waals surface area contributed by atoms with E-state index in [4.69, 9.17) is 4.74 Å². The molecule has 0 unspecified atom stereocenters. The summed E-state index contributed by atoms with van der Waals surface area (Å²) < 4.78 is 5.86. The number of carbonyl (C=O) groups is 2. The van der Waals surface area contributed by atoms with Crippen LogP contribution in [0.5, 0.6) is 5.75 Å². The van der Waals surface area contributed by atoms with Crippen LogP contribution in [0.3, 0.4) is 0 Å². The molecule has 0 saturated carbocycles. The van der Waals surface area contributed by atoms with Crippen molar-refractivity contribution in [1.82, 2.24) is 19.9 Å². The van der Waals surface area contributed by atoms with Crippen molar-refractivity contribution in [2.24, 2.45) is 0 Å². The predicted octanol–water partition coefficient (Wildman–Crippen LogP) is 6.76. The van der Waals surface area contributed by atoms with Crippen molar-refractivity contribution in [2.75, 3.05) is 34.1 Å². The number of nitro groups is 1. The summed E-state index contributed by atoms with van der Waals surface area (Å²) in [5, 5.41) is 18.8. The number of aromatic nitrogens is 4. The van der Waals surface area contributed by atoms with E-state index in [1.54, 1.807) is 54.8 Å². The number of amides is 3. The monoisotopic (exact) mass is 669 g/mol. The molecule has 0 aliphatic carbocycles. The van der Waals surface area contributed by atoms with Gasteiger partial charge in [0.2, 0.25) is 5.95 Å². The number of carbonyl (C=O) groups excluding carboxylic acids is 2. The minimum atomic E-state index is -0.539. The van der Waals surface area contributed by atoms with Gasteiger partial charge < -0.3 is 20.4 Å². The zero-order chi connectivity index (χ0) is 34.8. The SMILES string of the molecule is Cc1ccc(NC(=O)c2ccc([N+](=O)[O-])c(OCCc3c[nH]c4ccccc34)c2)cc1N1Cc2cnc(Nc3cccnc3)nc2N(C)C1=O. The number of nitrogens with one attached hydrogen (secondary N) is 3. The molecule has 7 rings (SSSR count). The summed E-state index contributed by atoms with van der Waals surface area (Å²) in [5.41, 5.74) is 5.23. The van der Waals surface area contributed by atoms with E-state index in [9.17, 15) is 19.7 Å². The Kier molecular flexibility index (Phi) is 8.48. The van der Waals surface area contributed by atoms with Crippen LogP contribution in [0.25, 0.3) is 10.9 Å². The van der Waals surface area contributed by atoms with Gasteiger partial charge in [0, 0.05) is 71.9 Å². The van der Waals surface area contributed by atoms with Crippen molar-refractivity contribution in [3.63, 3.8) is 0 Å². The number of nitro benzene ring substituents is 1. The molecule has 1 aliphatic heterocycles. The van der Waals surface area contributed by atoms with Gasteiger partial charge >= 0.3 is 11.7 Å². The van der Waals surface area contributed by atoms with Crippen molar-refractivity contribution in [3.05, 3.63) is 130 Å². The van der Waals surface area contributed by atoms with Crippen LogP contribution in [-0.4, -0.2) is 50.5 Å². The van der Waals surface area contributed by atoms with Crippen molar-refractivity contribution in [1.29, 1.82) is 0 Å². The maximum Gasteiger partial charge on any atom is 0.330 e. The molecule has 14 nitrogen and oxygen atoms in total. The van der Waals surface area contributed by atoms with Crippen LogP contribution in [0.15, 0.2) is 97.6 Å². The zero-order valence-corrected chi connectivity index (χ0v) is 27.1. The van der Waals surface area contributed by atoms with Gasteiger partial charge in [-0.2, -0.15) is 4.98 Å². The number of hydrogen-bond acceptors (Lipinski definition) is 9. The Balaban J connectivity index is 1.07. The number of H-pyrrole nitrogens is 1. The van der Waals surface area contributed by atoms with Crippen molar-refractivity contribution < 1.29 is 19.2 Å². The van der Waals surface area contributed by atoms with E-state index < -0.39 is 10.8 Å². The van der Waals surface area contributed by atoms with E-state index in [0.717, 1.165) is 27.6 Å². The first-order valence-electron chi connectivity index (χ1n) is 15.7. The minimum absolute atomic E-state index is 0.00582. The minimum Gasteiger partial charge on any atom is -0.486 e. The molecule has 14 heteroatoms. The van der Waals surface area contributed by atoms with Gasteiger partial charge in [-0.3, -0.25) is 29.7 Å². The highest BCUT2D eigenvalue weighted by molar-refractivity contribution is 6.07. The molecule has 0 fully saturated rings. The number of benzene rings is 3. The zero-order valence-electron chi connectivity index (χ0n) is 27.1. The second kappa shape index (κ2) is 13.4. The smallest absolute Gasteiger partial charge is 0.330 e. The van der Waals surface area contributed by atoms with Gasteiger partial charge in [-0.1, -0.05) is 24.3 Å². The number of hydrogen-bond donors (Lipinski definition) is 3. The van der Waals surface area contributed by atoms with Gasteiger partial charge in [0.05, 0.1) is 35.6 Å². The Hall–Kier alpha value is -6.83. The first-order chi connectivity index (χ1) is 24.2. The molecule has 3 amide bonds. The van der Waals surface area contributed by atoms with Crippen LogP contribution in [0.1, 0.15) is 27.0 Å². The summed E-state index contributed by atoms with van der Waals surface area (Å²) in [7, 11) is 1.64. The Morgan fingerprint density at radius 1 is 1.06 bits per heavy atom. The van der Waals surface area contributed by atoms with Crippen LogP contribution in [-0.2, 0) is 13.0 Å². The van der Waals surface area contributed by atoms with E-state index in [1.165, 1.54) is 23.1 Å². The molecule has 50 heavy (non-hydrogen) atoms. The highest BCUT2D eigenvalue weighted by Crippen LogP contribution is 2.34. The van der Waals surface area contributed by atoms with E-state index in [-0.39, 0.29) is 36.2 Å². The second-order valence-corrected chi connectivity index (χ2v) is 11.7. The first-order valence-corrected chi connectivity index (χ1v) is 15.7. The summed E-state index contributed by atoms with van der Waals surface area (Å²) in [6, 6.07) is 20.4. The summed E-state index contributed by atoms with van der Waals surface area (Å²) in [6.45, 7) is 2.26. The molecule has 0 spiro atoms. The number of anilines is 5. The molecule has 6 aromatic rings. The lowest BCUT2D eigenvalue weighted by Gasteiger charge is -2.35. The fourth-order valence-corrected chi connectivity index (χ4v) is 5.84. The topological polar surface area (TPSA) is 172 Å². The number of para-hydroxylation sites is 1. The predicted molar refractivity (Wildman–Crippen MR) is 189 cm³/mol. The quantitative estimate of drug-likeness (QED) is 0.105. The van der Waals surface area contributed by atoms with E-state index in [0.29, 0.717) is 35.2 Å². The number of aryl methyl sites for hydroxylation is 1. The molecule has 0 radical (unpaired) electrons. The third kappa shape index (κ3) is 6.36. The molecule has 0 atom stereocenters. The van der Waals surface area contributed by atoms with Crippen LogP contribution < -0.4 is 25.2 Å². The highest BCUT2D eigenvalue weighted by atomic mass is 16.6. The van der Waals surface area contributed by atoms with Crippen LogP contribution in [0.2, 0.25) is 0 Å². The molecule has 0 bridgehead atoms. The third-order valence-electron chi connectivity index (χ3n) is 8.40. The lowest BCUT2D eigenvalue weighted by molar-refractivity contribution is -0.385. The average Bonchev–Trinajstić information content (AvgIpc) is 3.54. The molecular weight excluding hydrogens is 638 g/mol. The van der Waals surface area contributed by atoms with E-state index in [2.05, 4.69) is 30.6 Å². The fourth-order valence-electron chi connectivity index (χ4n) is 5.84. The number of urea groups is 1. The van der Waals surface area contributed by atoms with Gasteiger partial charge in [0.1, 0.15) is 5.82 Å². The average molecular weight is 670 g/mol. The standard InChI is InChI=1S/C36H31N9O5/c1-22-9-11-26(17-31(22)44-21-25-19-39-35(41-27-6-5-14-37-20-27)42-33(25)43(2)36(44)47)40-34(46)23-10-12-30(45(48)49)32(16-23)50-15-13-24-18-38-29-8-4-3-7-28(24)29/h3-12,14,16-20,38H,13,15,21H2,1-2H3,(H,40,46)(H,39,41,42). The van der Waals surface area contributed by atoms with Crippen LogP contribution >= 0.6 is 0 Å². The lowest BCUT2D eigenvalue weighted by Crippen LogP contribution is -2.46.